The third kappa shape index (κ3) is 5.40. The summed E-state index contributed by atoms with van der Waals surface area (Å²) in [5.74, 6) is -0.481. The number of hydrogen-bond donors (Lipinski definition) is 2. The largest absolute Gasteiger partial charge is 0.326 e. The van der Waals surface area contributed by atoms with Crippen LogP contribution in [-0.4, -0.2) is 26.0 Å². The number of hydrogen-bond acceptors (Lipinski definition) is 4. The molecule has 2 aromatic carbocycles. The van der Waals surface area contributed by atoms with Crippen LogP contribution in [0.3, 0.4) is 0 Å². The molecule has 1 fully saturated rings. The number of sulfone groups is 1. The van der Waals surface area contributed by atoms with Crippen molar-refractivity contribution >= 4 is 33.0 Å². The van der Waals surface area contributed by atoms with Crippen LogP contribution in [0.15, 0.2) is 53.4 Å². The molecule has 0 aromatic heterocycles. The van der Waals surface area contributed by atoms with Crippen LogP contribution < -0.4 is 10.6 Å². The Morgan fingerprint density at radius 3 is 2.04 bits per heavy atom. The molecule has 2 aromatic rings. The van der Waals surface area contributed by atoms with Gasteiger partial charge in [0.15, 0.2) is 9.84 Å². The number of rotatable bonds is 7. The van der Waals surface area contributed by atoms with Crippen molar-refractivity contribution in [2.24, 2.45) is 5.92 Å². The van der Waals surface area contributed by atoms with E-state index in [1.165, 1.54) is 0 Å². The van der Waals surface area contributed by atoms with Crippen LogP contribution in [0, 0.1) is 12.8 Å². The first kappa shape index (κ1) is 19.1. The fourth-order valence-corrected chi connectivity index (χ4v) is 3.78. The van der Waals surface area contributed by atoms with Gasteiger partial charge in [-0.2, -0.15) is 0 Å². The smallest absolute Gasteiger partial charge is 0.227 e. The lowest BCUT2D eigenvalue weighted by Crippen LogP contribution is -2.17. The average Bonchev–Trinajstić information content (AvgIpc) is 3.47. The highest BCUT2D eigenvalue weighted by atomic mass is 32.2. The monoisotopic (exact) mass is 386 g/mol. The standard InChI is InChI=1S/C20H22N2O4S/c1-14-2-10-18(11-3-14)27(25,26)13-12-19(23)21-16-6-8-17(9-7-16)22-20(24)15-4-5-15/h2-3,6-11,15H,4-5,12-13H2,1H3,(H,21,23)(H,22,24). The molecule has 1 aliphatic carbocycles. The van der Waals surface area contributed by atoms with Crippen molar-refractivity contribution in [3.05, 3.63) is 54.1 Å². The second kappa shape index (κ2) is 7.92. The summed E-state index contributed by atoms with van der Waals surface area (Å²) in [6.07, 6.45) is 1.74. The number of aryl methyl sites for hydroxylation is 1. The van der Waals surface area contributed by atoms with Gasteiger partial charge in [-0.25, -0.2) is 8.42 Å². The Balaban J connectivity index is 1.51. The van der Waals surface area contributed by atoms with Gasteiger partial charge in [0.1, 0.15) is 0 Å². The molecule has 2 amide bonds. The van der Waals surface area contributed by atoms with Gasteiger partial charge in [-0.05, 0) is 56.2 Å². The van der Waals surface area contributed by atoms with Gasteiger partial charge in [-0.1, -0.05) is 17.7 Å². The van der Waals surface area contributed by atoms with Crippen molar-refractivity contribution in [2.75, 3.05) is 16.4 Å². The summed E-state index contributed by atoms with van der Waals surface area (Å²) in [5.41, 5.74) is 2.20. The van der Waals surface area contributed by atoms with Crippen LogP contribution in [0.1, 0.15) is 24.8 Å². The first-order valence-electron chi connectivity index (χ1n) is 8.84. The molecule has 1 aliphatic rings. The highest BCUT2D eigenvalue weighted by Crippen LogP contribution is 2.30. The molecule has 6 nitrogen and oxygen atoms in total. The van der Waals surface area contributed by atoms with Crippen LogP contribution in [0.25, 0.3) is 0 Å². The fourth-order valence-electron chi connectivity index (χ4n) is 2.54. The topological polar surface area (TPSA) is 92.3 Å². The molecule has 0 aliphatic heterocycles. The SMILES string of the molecule is Cc1ccc(S(=O)(=O)CCC(=O)Nc2ccc(NC(=O)C3CC3)cc2)cc1. The van der Waals surface area contributed by atoms with Crippen molar-refractivity contribution < 1.29 is 18.0 Å². The molecule has 0 radical (unpaired) electrons. The molecule has 0 heterocycles. The molecular weight excluding hydrogens is 364 g/mol. The van der Waals surface area contributed by atoms with E-state index in [0.29, 0.717) is 11.4 Å². The Morgan fingerprint density at radius 1 is 0.926 bits per heavy atom. The maximum atomic E-state index is 12.3. The average molecular weight is 386 g/mol. The number of nitrogens with one attached hydrogen (secondary N) is 2. The van der Waals surface area contributed by atoms with Gasteiger partial charge in [0.2, 0.25) is 11.8 Å². The molecule has 27 heavy (non-hydrogen) atoms. The summed E-state index contributed by atoms with van der Waals surface area (Å²) < 4.78 is 24.6. The minimum absolute atomic E-state index is 0.0214. The lowest BCUT2D eigenvalue weighted by molar-refractivity contribution is -0.117. The number of benzene rings is 2. The molecule has 0 bridgehead atoms. The van der Waals surface area contributed by atoms with Gasteiger partial charge in [0.25, 0.3) is 0 Å². The minimum Gasteiger partial charge on any atom is -0.326 e. The maximum absolute atomic E-state index is 12.3. The lowest BCUT2D eigenvalue weighted by atomic mass is 10.2. The third-order valence-corrected chi connectivity index (χ3v) is 6.09. The van der Waals surface area contributed by atoms with Crippen molar-refractivity contribution in [1.29, 1.82) is 0 Å². The van der Waals surface area contributed by atoms with Crippen LogP contribution in [0.4, 0.5) is 11.4 Å². The predicted molar refractivity (Wildman–Crippen MR) is 104 cm³/mol. The summed E-state index contributed by atoms with van der Waals surface area (Å²) in [6, 6.07) is 13.3. The van der Waals surface area contributed by atoms with Gasteiger partial charge in [-0.3, -0.25) is 9.59 Å². The van der Waals surface area contributed by atoms with Gasteiger partial charge in [-0.15, -0.1) is 0 Å². The van der Waals surface area contributed by atoms with Gasteiger partial charge in [0.05, 0.1) is 10.6 Å². The normalized spacial score (nSPS) is 13.8. The van der Waals surface area contributed by atoms with E-state index < -0.39 is 9.84 Å². The Morgan fingerprint density at radius 2 is 1.48 bits per heavy atom. The molecule has 0 saturated heterocycles. The van der Waals surface area contributed by atoms with Crippen LogP contribution in [-0.2, 0) is 19.4 Å². The summed E-state index contributed by atoms with van der Waals surface area (Å²) >= 11 is 0. The third-order valence-electron chi connectivity index (χ3n) is 4.36. The summed E-state index contributed by atoms with van der Waals surface area (Å²) in [7, 11) is -3.50. The molecule has 7 heteroatoms. The molecule has 3 rings (SSSR count). The molecule has 0 spiro atoms. The molecule has 142 valence electrons. The maximum Gasteiger partial charge on any atom is 0.227 e. The minimum atomic E-state index is -3.50. The van der Waals surface area contributed by atoms with Crippen LogP contribution in [0.2, 0.25) is 0 Å². The number of amides is 2. The fraction of sp³-hybridized carbons (Fsp3) is 0.300. The van der Waals surface area contributed by atoms with E-state index in [9.17, 15) is 18.0 Å². The van der Waals surface area contributed by atoms with Crippen molar-refractivity contribution in [1.82, 2.24) is 0 Å². The number of carbonyl (C=O) groups excluding carboxylic acids is 2. The zero-order valence-electron chi connectivity index (χ0n) is 15.1. The predicted octanol–water partition coefficient (Wildman–Crippen LogP) is 3.15. The van der Waals surface area contributed by atoms with E-state index in [-0.39, 0.29) is 34.8 Å². The Kier molecular flexibility index (Phi) is 5.60. The van der Waals surface area contributed by atoms with Gasteiger partial charge < -0.3 is 10.6 Å². The van der Waals surface area contributed by atoms with Crippen molar-refractivity contribution in [3.63, 3.8) is 0 Å². The molecular formula is C20H22N2O4S. The summed E-state index contributed by atoms with van der Waals surface area (Å²) in [5, 5.41) is 5.50. The molecule has 0 atom stereocenters. The summed E-state index contributed by atoms with van der Waals surface area (Å²) in [4.78, 5) is 24.0. The number of carbonyl (C=O) groups is 2. The second-order valence-corrected chi connectivity index (χ2v) is 8.88. The van der Waals surface area contributed by atoms with Crippen LogP contribution >= 0.6 is 0 Å². The van der Waals surface area contributed by atoms with E-state index in [4.69, 9.17) is 0 Å². The molecule has 0 unspecified atom stereocenters. The van der Waals surface area contributed by atoms with Gasteiger partial charge >= 0.3 is 0 Å². The first-order valence-corrected chi connectivity index (χ1v) is 10.5. The Hall–Kier alpha value is -2.67. The molecule has 2 N–H and O–H groups in total. The zero-order valence-corrected chi connectivity index (χ0v) is 15.9. The zero-order chi connectivity index (χ0) is 19.4. The van der Waals surface area contributed by atoms with E-state index in [1.54, 1.807) is 48.5 Å². The van der Waals surface area contributed by atoms with E-state index in [1.807, 2.05) is 6.92 Å². The van der Waals surface area contributed by atoms with E-state index >= 15 is 0 Å². The van der Waals surface area contributed by atoms with Crippen molar-refractivity contribution in [3.8, 4) is 0 Å². The van der Waals surface area contributed by atoms with E-state index in [2.05, 4.69) is 10.6 Å². The van der Waals surface area contributed by atoms with Gasteiger partial charge in [0, 0.05) is 23.7 Å². The van der Waals surface area contributed by atoms with Crippen molar-refractivity contribution in [2.45, 2.75) is 31.1 Å². The Bertz CT molecular complexity index is 931. The summed E-state index contributed by atoms with van der Waals surface area (Å²) in [6.45, 7) is 1.88. The lowest BCUT2D eigenvalue weighted by Gasteiger charge is -2.08. The quantitative estimate of drug-likeness (QED) is 0.765. The van der Waals surface area contributed by atoms with E-state index in [0.717, 1.165) is 18.4 Å². The molecule has 1 saturated carbocycles. The highest BCUT2D eigenvalue weighted by Gasteiger charge is 2.29. The Labute approximate surface area is 158 Å². The highest BCUT2D eigenvalue weighted by molar-refractivity contribution is 7.91. The van der Waals surface area contributed by atoms with Crippen LogP contribution in [0.5, 0.6) is 0 Å². The number of anilines is 2. The first-order chi connectivity index (χ1) is 12.8. The second-order valence-electron chi connectivity index (χ2n) is 6.77.